The Morgan fingerprint density at radius 2 is 1.96 bits per heavy atom. The number of hydrogen-bond donors (Lipinski definition) is 3. The van der Waals surface area contributed by atoms with Gasteiger partial charge in [-0.15, -0.1) is 0 Å². The molecule has 1 unspecified atom stereocenters. The highest BCUT2D eigenvalue weighted by Gasteiger charge is 2.17. The molecular weight excluding hydrogens is 298 g/mol. The molecule has 2 aromatic carbocycles. The lowest BCUT2D eigenvalue weighted by Crippen LogP contribution is -2.20. The number of carbonyl (C=O) groups excluding carboxylic acids is 1. The number of hydrogen-bond acceptors (Lipinski definition) is 5. The second-order valence-corrected chi connectivity index (χ2v) is 4.83. The van der Waals surface area contributed by atoms with E-state index in [-0.39, 0.29) is 5.82 Å². The summed E-state index contributed by atoms with van der Waals surface area (Å²) < 4.78 is 4.45. The van der Waals surface area contributed by atoms with Crippen molar-refractivity contribution in [3.05, 3.63) is 70.7 Å². The number of nitrogens with one attached hydrogen (secondary N) is 2. The predicted molar refractivity (Wildman–Crippen MR) is 82.6 cm³/mol. The van der Waals surface area contributed by atoms with E-state index in [1.165, 1.54) is 0 Å². The number of carbonyl (C=O) groups is 1. The van der Waals surface area contributed by atoms with Gasteiger partial charge >= 0.3 is 5.76 Å². The zero-order valence-corrected chi connectivity index (χ0v) is 11.9. The topological polar surface area (TPSA) is 108 Å². The molecule has 0 saturated carbocycles. The molecule has 7 heteroatoms. The first kappa shape index (κ1) is 14.7. The molecule has 3 N–H and O–H groups in total. The number of H-pyrrole nitrogens is 1. The average molecular weight is 311 g/mol. The van der Waals surface area contributed by atoms with E-state index in [4.69, 9.17) is 0 Å². The summed E-state index contributed by atoms with van der Waals surface area (Å²) in [6.45, 7) is 0. The molecular formula is C16H13N3O4. The molecule has 7 nitrogen and oxygen atoms in total. The van der Waals surface area contributed by atoms with Gasteiger partial charge < -0.3 is 10.4 Å². The first-order valence-electron chi connectivity index (χ1n) is 6.84. The lowest BCUT2D eigenvalue weighted by Gasteiger charge is -2.12. The van der Waals surface area contributed by atoms with Gasteiger partial charge in [-0.3, -0.25) is 14.3 Å². The van der Waals surface area contributed by atoms with Crippen LogP contribution in [0.1, 0.15) is 11.7 Å². The van der Waals surface area contributed by atoms with Gasteiger partial charge in [-0.05, 0) is 17.7 Å². The molecule has 1 aromatic heterocycles. The van der Waals surface area contributed by atoms with Crippen LogP contribution in [0.2, 0.25) is 0 Å². The van der Waals surface area contributed by atoms with Crippen LogP contribution in [0.15, 0.2) is 63.9 Å². The third-order valence-corrected chi connectivity index (χ3v) is 3.21. The largest absolute Gasteiger partial charge is 0.439 e. The van der Waals surface area contributed by atoms with E-state index >= 15 is 0 Å². The van der Waals surface area contributed by atoms with Crippen LogP contribution in [-0.4, -0.2) is 21.2 Å². The van der Waals surface area contributed by atoms with Gasteiger partial charge in [0.15, 0.2) is 11.9 Å². The van der Waals surface area contributed by atoms with Crippen LogP contribution in [0, 0.1) is 0 Å². The number of aliphatic hydroxyl groups excluding tert-OH is 1. The number of aromatic nitrogens is 2. The molecule has 0 aliphatic carbocycles. The fraction of sp³-hybridized carbons (Fsp3) is 0.0625. The summed E-state index contributed by atoms with van der Waals surface area (Å²) in [6, 6.07) is 15.3. The van der Waals surface area contributed by atoms with Crippen molar-refractivity contribution >= 4 is 11.6 Å². The Bertz CT molecular complexity index is 870. The SMILES string of the molecule is O=C(Nc1cccc(-c2noc(=O)[nH]2)c1)C(O)c1ccccc1. The normalized spacial score (nSPS) is 11.9. The van der Waals surface area contributed by atoms with Crippen molar-refractivity contribution in [2.24, 2.45) is 0 Å². The number of anilines is 1. The number of amides is 1. The summed E-state index contributed by atoms with van der Waals surface area (Å²) in [4.78, 5) is 25.5. The molecule has 0 bridgehead atoms. The van der Waals surface area contributed by atoms with Crippen molar-refractivity contribution < 1.29 is 14.4 Å². The van der Waals surface area contributed by atoms with E-state index in [2.05, 4.69) is 20.0 Å². The van der Waals surface area contributed by atoms with Gasteiger partial charge in [0.05, 0.1) is 0 Å². The maximum absolute atomic E-state index is 12.1. The number of benzene rings is 2. The quantitative estimate of drug-likeness (QED) is 0.679. The Morgan fingerprint density at radius 3 is 2.65 bits per heavy atom. The van der Waals surface area contributed by atoms with Gasteiger partial charge in [-0.2, -0.15) is 0 Å². The third-order valence-electron chi connectivity index (χ3n) is 3.21. The Hall–Kier alpha value is -3.19. The highest BCUT2D eigenvalue weighted by molar-refractivity contribution is 5.95. The molecule has 0 spiro atoms. The summed E-state index contributed by atoms with van der Waals surface area (Å²) in [5.74, 6) is -0.953. The fourth-order valence-corrected chi connectivity index (χ4v) is 2.10. The summed E-state index contributed by atoms with van der Waals surface area (Å²) in [7, 11) is 0. The summed E-state index contributed by atoms with van der Waals surface area (Å²) in [6.07, 6.45) is -1.27. The van der Waals surface area contributed by atoms with E-state index in [1.54, 1.807) is 54.6 Å². The van der Waals surface area contributed by atoms with E-state index < -0.39 is 17.8 Å². The molecule has 116 valence electrons. The van der Waals surface area contributed by atoms with Gasteiger partial charge in [0.1, 0.15) is 0 Å². The van der Waals surface area contributed by atoms with E-state index in [9.17, 15) is 14.7 Å². The molecule has 0 aliphatic rings. The maximum atomic E-state index is 12.1. The van der Waals surface area contributed by atoms with Crippen LogP contribution in [0.25, 0.3) is 11.4 Å². The van der Waals surface area contributed by atoms with Gasteiger partial charge in [-0.25, -0.2) is 4.79 Å². The van der Waals surface area contributed by atoms with Gasteiger partial charge in [-0.1, -0.05) is 47.6 Å². The van der Waals surface area contributed by atoms with Gasteiger partial charge in [0, 0.05) is 11.3 Å². The molecule has 3 aromatic rings. The van der Waals surface area contributed by atoms with Crippen molar-refractivity contribution in [3.8, 4) is 11.4 Å². The second-order valence-electron chi connectivity index (χ2n) is 4.83. The first-order valence-corrected chi connectivity index (χ1v) is 6.84. The van der Waals surface area contributed by atoms with Crippen LogP contribution in [0.5, 0.6) is 0 Å². The minimum atomic E-state index is -1.27. The van der Waals surface area contributed by atoms with Crippen molar-refractivity contribution in [3.63, 3.8) is 0 Å². The number of aromatic amines is 1. The number of aliphatic hydroxyl groups is 1. The molecule has 1 amide bonds. The minimum absolute atomic E-state index is 0.259. The molecule has 0 aliphatic heterocycles. The molecule has 0 saturated heterocycles. The lowest BCUT2D eigenvalue weighted by atomic mass is 10.1. The standard InChI is InChI=1S/C16H13N3O4/c20-13(10-5-2-1-3-6-10)15(21)17-12-8-4-7-11(9-12)14-18-16(22)23-19-14/h1-9,13,20H,(H,17,21)(H,18,19,22). The molecule has 3 rings (SSSR count). The highest BCUT2D eigenvalue weighted by Crippen LogP contribution is 2.20. The number of nitrogens with zero attached hydrogens (tertiary/aromatic N) is 1. The first-order chi connectivity index (χ1) is 11.1. The smallest absolute Gasteiger partial charge is 0.378 e. The molecule has 0 radical (unpaired) electrons. The van der Waals surface area contributed by atoms with Crippen molar-refractivity contribution in [2.45, 2.75) is 6.10 Å². The third kappa shape index (κ3) is 3.35. The van der Waals surface area contributed by atoms with Crippen LogP contribution in [0.3, 0.4) is 0 Å². The molecule has 1 heterocycles. The average Bonchev–Trinajstić information content (AvgIpc) is 3.02. The highest BCUT2D eigenvalue weighted by atomic mass is 16.5. The zero-order valence-electron chi connectivity index (χ0n) is 11.9. The summed E-state index contributed by atoms with van der Waals surface area (Å²) >= 11 is 0. The molecule has 0 fully saturated rings. The van der Waals surface area contributed by atoms with Gasteiger partial charge in [0.2, 0.25) is 0 Å². The zero-order chi connectivity index (χ0) is 16.2. The summed E-state index contributed by atoms with van der Waals surface area (Å²) in [5.41, 5.74) is 1.54. The Morgan fingerprint density at radius 1 is 1.17 bits per heavy atom. The fourth-order valence-electron chi connectivity index (χ4n) is 2.10. The van der Waals surface area contributed by atoms with E-state index in [0.29, 0.717) is 16.8 Å². The van der Waals surface area contributed by atoms with Crippen molar-refractivity contribution in [2.75, 3.05) is 5.32 Å². The van der Waals surface area contributed by atoms with Crippen LogP contribution >= 0.6 is 0 Å². The second kappa shape index (κ2) is 6.29. The van der Waals surface area contributed by atoms with Crippen LogP contribution in [-0.2, 0) is 4.79 Å². The maximum Gasteiger partial charge on any atom is 0.439 e. The molecule has 1 atom stereocenters. The molecule has 23 heavy (non-hydrogen) atoms. The summed E-state index contributed by atoms with van der Waals surface area (Å²) in [5, 5.41) is 16.3. The monoisotopic (exact) mass is 311 g/mol. The van der Waals surface area contributed by atoms with Crippen LogP contribution in [0.4, 0.5) is 5.69 Å². The van der Waals surface area contributed by atoms with Crippen molar-refractivity contribution in [1.29, 1.82) is 0 Å². The Labute approximate surface area is 130 Å². The van der Waals surface area contributed by atoms with E-state index in [0.717, 1.165) is 0 Å². The van der Waals surface area contributed by atoms with Crippen LogP contribution < -0.4 is 11.1 Å². The van der Waals surface area contributed by atoms with E-state index in [1.807, 2.05) is 0 Å². The predicted octanol–water partition coefficient (Wildman–Crippen LogP) is 1.70. The number of rotatable bonds is 4. The minimum Gasteiger partial charge on any atom is -0.378 e. The Kier molecular flexibility index (Phi) is 4.03. The van der Waals surface area contributed by atoms with Gasteiger partial charge in [0.25, 0.3) is 5.91 Å². The Balaban J connectivity index is 1.78. The lowest BCUT2D eigenvalue weighted by molar-refractivity contribution is -0.124. The van der Waals surface area contributed by atoms with Crippen molar-refractivity contribution in [1.82, 2.24) is 10.1 Å².